The summed E-state index contributed by atoms with van der Waals surface area (Å²) in [5, 5.41) is 13.7. The molecule has 0 atom stereocenters. The second-order valence-electron chi connectivity index (χ2n) is 4.68. The number of hydrogen-bond donors (Lipinski definition) is 1. The fraction of sp³-hybridized carbons (Fsp3) is 0.125. The summed E-state index contributed by atoms with van der Waals surface area (Å²) in [4.78, 5) is 4.36. The Bertz CT molecular complexity index is 720. The van der Waals surface area contributed by atoms with Crippen molar-refractivity contribution in [2.75, 3.05) is 0 Å². The van der Waals surface area contributed by atoms with Crippen LogP contribution in [-0.4, -0.2) is 15.2 Å². The van der Waals surface area contributed by atoms with Crippen LogP contribution in [0.4, 0.5) is 0 Å². The van der Waals surface area contributed by atoms with Crippen LogP contribution in [0.3, 0.4) is 0 Å². The van der Waals surface area contributed by atoms with Gasteiger partial charge in [-0.25, -0.2) is 0 Å². The number of aromatic hydroxyl groups is 1. The predicted molar refractivity (Wildman–Crippen MR) is 75.4 cm³/mol. The smallest absolute Gasteiger partial charge is 0.258 e. The van der Waals surface area contributed by atoms with Gasteiger partial charge >= 0.3 is 0 Å². The van der Waals surface area contributed by atoms with Crippen molar-refractivity contribution >= 4 is 0 Å². The summed E-state index contributed by atoms with van der Waals surface area (Å²) < 4.78 is 5.25. The van der Waals surface area contributed by atoms with Crippen molar-refractivity contribution in [3.8, 4) is 17.2 Å². The van der Waals surface area contributed by atoms with Crippen LogP contribution in [0.1, 0.15) is 17.0 Å². The van der Waals surface area contributed by atoms with Gasteiger partial charge in [-0.2, -0.15) is 4.98 Å². The molecule has 0 fully saturated rings. The number of phenolic OH excluding ortho intramolecular Hbond substituents is 1. The van der Waals surface area contributed by atoms with Gasteiger partial charge in [0, 0.05) is 12.0 Å². The van der Waals surface area contributed by atoms with Gasteiger partial charge < -0.3 is 9.63 Å². The van der Waals surface area contributed by atoms with Crippen molar-refractivity contribution in [2.45, 2.75) is 13.3 Å². The summed E-state index contributed by atoms with van der Waals surface area (Å²) in [6.07, 6.45) is 0.627. The topological polar surface area (TPSA) is 59.2 Å². The molecule has 0 unspecified atom stereocenters. The molecule has 0 amide bonds. The van der Waals surface area contributed by atoms with Gasteiger partial charge in [-0.15, -0.1) is 0 Å². The molecule has 100 valence electrons. The molecule has 0 aliphatic carbocycles. The monoisotopic (exact) mass is 266 g/mol. The lowest BCUT2D eigenvalue weighted by Crippen LogP contribution is -1.90. The third kappa shape index (κ3) is 2.54. The van der Waals surface area contributed by atoms with Gasteiger partial charge in [-0.05, 0) is 30.2 Å². The van der Waals surface area contributed by atoms with E-state index in [1.165, 1.54) is 0 Å². The maximum Gasteiger partial charge on any atom is 0.258 e. The highest BCUT2D eigenvalue weighted by molar-refractivity contribution is 5.57. The second kappa shape index (κ2) is 5.17. The van der Waals surface area contributed by atoms with E-state index in [2.05, 4.69) is 10.1 Å². The molecule has 0 aliphatic rings. The van der Waals surface area contributed by atoms with Crippen molar-refractivity contribution in [2.24, 2.45) is 0 Å². The first-order valence-electron chi connectivity index (χ1n) is 6.39. The number of aryl methyl sites for hydroxylation is 1. The molecule has 4 heteroatoms. The summed E-state index contributed by atoms with van der Waals surface area (Å²) in [6.45, 7) is 1.84. The van der Waals surface area contributed by atoms with Gasteiger partial charge in [0.05, 0.1) is 0 Å². The first kappa shape index (κ1) is 12.4. The number of hydrogen-bond acceptors (Lipinski definition) is 4. The third-order valence-corrected chi connectivity index (χ3v) is 3.13. The van der Waals surface area contributed by atoms with Gasteiger partial charge in [0.15, 0.2) is 5.82 Å². The minimum absolute atomic E-state index is 0.227. The highest BCUT2D eigenvalue weighted by Crippen LogP contribution is 2.25. The zero-order valence-corrected chi connectivity index (χ0v) is 11.1. The van der Waals surface area contributed by atoms with Gasteiger partial charge in [-0.3, -0.25) is 0 Å². The van der Waals surface area contributed by atoms with Crippen LogP contribution in [0, 0.1) is 6.92 Å². The van der Waals surface area contributed by atoms with E-state index in [-0.39, 0.29) is 5.75 Å². The molecule has 1 N–H and O–H groups in total. The van der Waals surface area contributed by atoms with Crippen LogP contribution in [0.2, 0.25) is 0 Å². The molecule has 0 saturated heterocycles. The van der Waals surface area contributed by atoms with Crippen molar-refractivity contribution < 1.29 is 9.63 Å². The largest absolute Gasteiger partial charge is 0.508 e. The number of nitrogens with zero attached hydrogens (tertiary/aromatic N) is 2. The highest BCUT2D eigenvalue weighted by atomic mass is 16.5. The highest BCUT2D eigenvalue weighted by Gasteiger charge is 2.10. The summed E-state index contributed by atoms with van der Waals surface area (Å²) >= 11 is 0. The lowest BCUT2D eigenvalue weighted by molar-refractivity contribution is 0.423. The van der Waals surface area contributed by atoms with E-state index in [9.17, 15) is 5.11 Å². The van der Waals surface area contributed by atoms with E-state index >= 15 is 0 Å². The fourth-order valence-electron chi connectivity index (χ4n) is 1.96. The number of phenols is 1. The Kier molecular flexibility index (Phi) is 3.21. The Balaban J connectivity index is 1.84. The van der Waals surface area contributed by atoms with Crippen LogP contribution in [0.5, 0.6) is 5.75 Å². The van der Waals surface area contributed by atoms with Crippen molar-refractivity contribution in [1.29, 1.82) is 0 Å². The van der Waals surface area contributed by atoms with Crippen molar-refractivity contribution in [3.63, 3.8) is 0 Å². The Morgan fingerprint density at radius 1 is 1.10 bits per heavy atom. The quantitative estimate of drug-likeness (QED) is 0.789. The summed E-state index contributed by atoms with van der Waals surface area (Å²) in [5.41, 5.74) is 2.67. The Hall–Kier alpha value is -2.62. The average Bonchev–Trinajstić information content (AvgIpc) is 2.91. The minimum atomic E-state index is 0.227. The van der Waals surface area contributed by atoms with E-state index in [1.807, 2.05) is 49.4 Å². The Labute approximate surface area is 116 Å². The van der Waals surface area contributed by atoms with Gasteiger partial charge in [-0.1, -0.05) is 41.6 Å². The molecular formula is C16H14N2O2. The molecule has 0 spiro atoms. The minimum Gasteiger partial charge on any atom is -0.508 e. The molecule has 0 aliphatic heterocycles. The van der Waals surface area contributed by atoms with Crippen LogP contribution in [0.25, 0.3) is 11.5 Å². The molecule has 1 aromatic heterocycles. The Morgan fingerprint density at radius 2 is 1.90 bits per heavy atom. The molecule has 0 radical (unpaired) electrons. The average molecular weight is 266 g/mol. The first-order valence-corrected chi connectivity index (χ1v) is 6.39. The normalized spacial score (nSPS) is 10.7. The molecular weight excluding hydrogens is 252 g/mol. The SMILES string of the molecule is Cc1ccc(-c2nc(Cc3ccccc3)no2)cc1O. The second-order valence-corrected chi connectivity index (χ2v) is 4.68. The summed E-state index contributed by atoms with van der Waals surface area (Å²) in [6, 6.07) is 15.3. The summed E-state index contributed by atoms with van der Waals surface area (Å²) in [7, 11) is 0. The van der Waals surface area contributed by atoms with E-state index in [0.717, 1.165) is 16.7 Å². The molecule has 1 heterocycles. The molecule has 3 rings (SSSR count). The molecule has 0 saturated carbocycles. The first-order chi connectivity index (χ1) is 9.72. The zero-order chi connectivity index (χ0) is 13.9. The maximum atomic E-state index is 9.71. The third-order valence-electron chi connectivity index (χ3n) is 3.13. The van der Waals surface area contributed by atoms with Crippen molar-refractivity contribution in [3.05, 3.63) is 65.5 Å². The molecule has 0 bridgehead atoms. The lowest BCUT2D eigenvalue weighted by atomic mass is 10.1. The molecule has 20 heavy (non-hydrogen) atoms. The number of benzene rings is 2. The van der Waals surface area contributed by atoms with E-state index in [4.69, 9.17) is 4.52 Å². The standard InChI is InChI=1S/C16H14N2O2/c1-11-7-8-13(10-14(11)19)16-17-15(18-20-16)9-12-5-3-2-4-6-12/h2-8,10,19H,9H2,1H3. The molecule has 3 aromatic rings. The lowest BCUT2D eigenvalue weighted by Gasteiger charge is -1.99. The van der Waals surface area contributed by atoms with Crippen LogP contribution in [0.15, 0.2) is 53.1 Å². The van der Waals surface area contributed by atoms with Crippen LogP contribution >= 0.6 is 0 Å². The van der Waals surface area contributed by atoms with Gasteiger partial charge in [0.2, 0.25) is 0 Å². The number of rotatable bonds is 3. The van der Waals surface area contributed by atoms with Gasteiger partial charge in [0.1, 0.15) is 5.75 Å². The summed E-state index contributed by atoms with van der Waals surface area (Å²) in [5.74, 6) is 1.28. The zero-order valence-electron chi connectivity index (χ0n) is 11.1. The van der Waals surface area contributed by atoms with E-state index in [0.29, 0.717) is 18.1 Å². The van der Waals surface area contributed by atoms with Crippen LogP contribution < -0.4 is 0 Å². The van der Waals surface area contributed by atoms with Crippen molar-refractivity contribution in [1.82, 2.24) is 10.1 Å². The van der Waals surface area contributed by atoms with Crippen LogP contribution in [-0.2, 0) is 6.42 Å². The van der Waals surface area contributed by atoms with Gasteiger partial charge in [0.25, 0.3) is 5.89 Å². The van der Waals surface area contributed by atoms with E-state index in [1.54, 1.807) is 6.07 Å². The Morgan fingerprint density at radius 3 is 2.65 bits per heavy atom. The number of aromatic nitrogens is 2. The molecule has 4 nitrogen and oxygen atoms in total. The molecule has 2 aromatic carbocycles. The fourth-order valence-corrected chi connectivity index (χ4v) is 1.96. The van der Waals surface area contributed by atoms with E-state index < -0.39 is 0 Å². The predicted octanol–water partition coefficient (Wildman–Crippen LogP) is 3.34. The maximum absolute atomic E-state index is 9.71.